The maximum Gasteiger partial charge on any atom is 0.226 e. The van der Waals surface area contributed by atoms with E-state index in [4.69, 9.17) is 16.3 Å². The Kier molecular flexibility index (Phi) is 3.91. The van der Waals surface area contributed by atoms with Crippen molar-refractivity contribution in [3.8, 4) is 0 Å². The smallest absolute Gasteiger partial charge is 0.226 e. The number of nitrogens with two attached hydrogens (primary N) is 2. The van der Waals surface area contributed by atoms with Gasteiger partial charge in [-0.3, -0.25) is 4.84 Å². The van der Waals surface area contributed by atoms with Crippen molar-refractivity contribution in [2.75, 3.05) is 0 Å². The number of hydroxylamine groups is 2. The van der Waals surface area contributed by atoms with E-state index in [1.807, 2.05) is 13.8 Å². The van der Waals surface area contributed by atoms with Crippen molar-refractivity contribution >= 4 is 11.9 Å². The maximum absolute atomic E-state index is 5.89. The molecule has 21 heavy (non-hydrogen) atoms. The quantitative estimate of drug-likeness (QED) is 0.886. The fourth-order valence-corrected chi connectivity index (χ4v) is 2.33. The minimum atomic E-state index is -0.677. The van der Waals surface area contributed by atoms with Gasteiger partial charge in [-0.05, 0) is 56.9 Å². The fraction of sp³-hybridized carbons (Fsp3) is 0.467. The van der Waals surface area contributed by atoms with Crippen LogP contribution in [-0.4, -0.2) is 22.6 Å². The van der Waals surface area contributed by atoms with Crippen LogP contribution in [0.1, 0.15) is 36.1 Å². The van der Waals surface area contributed by atoms with E-state index in [9.17, 15) is 0 Å². The molecule has 4 N–H and O–H groups in total. The third-order valence-corrected chi connectivity index (χ3v) is 3.62. The van der Waals surface area contributed by atoms with E-state index >= 15 is 0 Å². The molecule has 2 rings (SSSR count). The van der Waals surface area contributed by atoms with Crippen LogP contribution in [0.4, 0.5) is 0 Å². The average molecular weight is 289 g/mol. The number of aryl methyl sites for hydroxylation is 3. The first-order valence-electron chi connectivity index (χ1n) is 6.90. The van der Waals surface area contributed by atoms with Gasteiger partial charge < -0.3 is 11.5 Å². The highest BCUT2D eigenvalue weighted by Gasteiger charge is 2.33. The van der Waals surface area contributed by atoms with Gasteiger partial charge in [0.25, 0.3) is 0 Å². The number of rotatable bonds is 3. The van der Waals surface area contributed by atoms with E-state index < -0.39 is 5.66 Å². The van der Waals surface area contributed by atoms with Gasteiger partial charge in [0.05, 0.1) is 0 Å². The van der Waals surface area contributed by atoms with Crippen LogP contribution in [0.25, 0.3) is 0 Å². The Morgan fingerprint density at radius 3 is 2.33 bits per heavy atom. The third kappa shape index (κ3) is 3.16. The molecular weight excluding hydrogens is 266 g/mol. The van der Waals surface area contributed by atoms with Crippen LogP contribution in [0.15, 0.2) is 22.1 Å². The Morgan fingerprint density at radius 2 is 1.71 bits per heavy atom. The van der Waals surface area contributed by atoms with Gasteiger partial charge in [-0.25, -0.2) is 4.99 Å². The Labute approximate surface area is 125 Å². The zero-order chi connectivity index (χ0) is 15.8. The first kappa shape index (κ1) is 15.3. The molecule has 0 saturated carbocycles. The van der Waals surface area contributed by atoms with Crippen molar-refractivity contribution < 1.29 is 4.84 Å². The molecule has 1 aliphatic heterocycles. The van der Waals surface area contributed by atoms with Gasteiger partial charge in [-0.15, -0.1) is 0 Å². The molecule has 0 fully saturated rings. The molecule has 0 spiro atoms. The van der Waals surface area contributed by atoms with Crippen LogP contribution in [0.2, 0.25) is 0 Å². The number of benzene rings is 1. The van der Waals surface area contributed by atoms with E-state index in [2.05, 4.69) is 42.9 Å². The zero-order valence-electron chi connectivity index (χ0n) is 13.3. The predicted molar refractivity (Wildman–Crippen MR) is 84.6 cm³/mol. The van der Waals surface area contributed by atoms with Gasteiger partial charge in [0, 0.05) is 0 Å². The highest BCUT2D eigenvalue weighted by atomic mass is 16.7. The van der Waals surface area contributed by atoms with Crippen LogP contribution < -0.4 is 11.5 Å². The summed E-state index contributed by atoms with van der Waals surface area (Å²) in [5.41, 5.74) is 15.7. The molecule has 1 aliphatic rings. The van der Waals surface area contributed by atoms with Crippen molar-refractivity contribution in [1.82, 2.24) is 5.06 Å². The summed E-state index contributed by atoms with van der Waals surface area (Å²) < 4.78 is 0. The molecule has 1 aromatic rings. The van der Waals surface area contributed by atoms with Crippen LogP contribution in [0.5, 0.6) is 0 Å². The zero-order valence-corrected chi connectivity index (χ0v) is 13.3. The summed E-state index contributed by atoms with van der Waals surface area (Å²) in [6, 6.07) is 4.29. The Hall–Kier alpha value is -2.08. The highest BCUT2D eigenvalue weighted by molar-refractivity contribution is 5.95. The van der Waals surface area contributed by atoms with Gasteiger partial charge in [0.15, 0.2) is 5.66 Å². The van der Waals surface area contributed by atoms with Crippen LogP contribution in [0, 0.1) is 20.8 Å². The minimum Gasteiger partial charge on any atom is -0.368 e. The summed E-state index contributed by atoms with van der Waals surface area (Å²) in [4.78, 5) is 14.0. The molecule has 0 aliphatic carbocycles. The van der Waals surface area contributed by atoms with Crippen molar-refractivity contribution in [3.05, 3.63) is 34.4 Å². The van der Waals surface area contributed by atoms with Gasteiger partial charge in [0.2, 0.25) is 11.9 Å². The maximum atomic E-state index is 5.89. The number of nitrogens with zero attached hydrogens (tertiary/aromatic N) is 3. The second-order valence-corrected chi connectivity index (χ2v) is 5.87. The number of hydrogen-bond donors (Lipinski definition) is 2. The Morgan fingerprint density at radius 1 is 1.10 bits per heavy atom. The van der Waals surface area contributed by atoms with Crippen molar-refractivity contribution in [2.45, 2.75) is 46.9 Å². The predicted octanol–water partition coefficient (Wildman–Crippen LogP) is 1.72. The lowest BCUT2D eigenvalue weighted by Gasteiger charge is -2.36. The van der Waals surface area contributed by atoms with Gasteiger partial charge in [-0.1, -0.05) is 12.1 Å². The summed E-state index contributed by atoms with van der Waals surface area (Å²) in [5, 5.41) is 1.50. The SMILES string of the molecule is Cc1cc(C)c(CON2C(N)=NC(N)=NC2(C)C)cc1C. The van der Waals surface area contributed by atoms with Crippen LogP contribution in [0.3, 0.4) is 0 Å². The van der Waals surface area contributed by atoms with Gasteiger partial charge >= 0.3 is 0 Å². The van der Waals surface area contributed by atoms with E-state index in [0.29, 0.717) is 6.61 Å². The Bertz CT molecular complexity index is 619. The molecule has 0 bridgehead atoms. The summed E-state index contributed by atoms with van der Waals surface area (Å²) in [6.45, 7) is 10.4. The van der Waals surface area contributed by atoms with E-state index in [-0.39, 0.29) is 11.9 Å². The molecule has 6 heteroatoms. The van der Waals surface area contributed by atoms with Gasteiger partial charge in [0.1, 0.15) is 6.61 Å². The number of hydrogen-bond acceptors (Lipinski definition) is 6. The number of aliphatic imine (C=N–C) groups is 2. The monoisotopic (exact) mass is 289 g/mol. The van der Waals surface area contributed by atoms with Crippen molar-refractivity contribution in [2.24, 2.45) is 21.5 Å². The van der Waals surface area contributed by atoms with E-state index in [0.717, 1.165) is 5.56 Å². The molecule has 0 unspecified atom stereocenters. The van der Waals surface area contributed by atoms with Gasteiger partial charge in [-0.2, -0.15) is 10.1 Å². The number of guanidine groups is 2. The lowest BCUT2D eigenvalue weighted by atomic mass is 10.0. The third-order valence-electron chi connectivity index (χ3n) is 3.62. The molecule has 1 heterocycles. The summed E-state index contributed by atoms with van der Waals surface area (Å²) in [5.74, 6) is 0.383. The topological polar surface area (TPSA) is 89.2 Å². The molecule has 0 radical (unpaired) electrons. The molecule has 6 nitrogen and oxygen atoms in total. The van der Waals surface area contributed by atoms with E-state index in [1.54, 1.807) is 0 Å². The largest absolute Gasteiger partial charge is 0.368 e. The summed E-state index contributed by atoms with van der Waals surface area (Å²) in [6.07, 6.45) is 0. The first-order chi connectivity index (χ1) is 9.70. The van der Waals surface area contributed by atoms with Crippen molar-refractivity contribution in [3.63, 3.8) is 0 Å². The lowest BCUT2D eigenvalue weighted by Crippen LogP contribution is -2.53. The molecule has 114 valence electrons. The average Bonchev–Trinajstić information content (AvgIpc) is 2.32. The molecule has 0 atom stereocenters. The molecular formula is C15H23N5O. The molecule has 0 aromatic heterocycles. The van der Waals surface area contributed by atoms with E-state index in [1.165, 1.54) is 21.8 Å². The molecule has 0 amide bonds. The minimum absolute atomic E-state index is 0.166. The Balaban J connectivity index is 2.17. The second kappa shape index (κ2) is 5.37. The summed E-state index contributed by atoms with van der Waals surface area (Å²) in [7, 11) is 0. The summed E-state index contributed by atoms with van der Waals surface area (Å²) >= 11 is 0. The fourth-order valence-electron chi connectivity index (χ4n) is 2.33. The van der Waals surface area contributed by atoms with Crippen molar-refractivity contribution in [1.29, 1.82) is 0 Å². The lowest BCUT2D eigenvalue weighted by molar-refractivity contribution is -0.167. The highest BCUT2D eigenvalue weighted by Crippen LogP contribution is 2.22. The normalized spacial score (nSPS) is 17.5. The molecule has 0 saturated heterocycles. The second-order valence-electron chi connectivity index (χ2n) is 5.87. The first-order valence-corrected chi connectivity index (χ1v) is 6.90. The van der Waals surface area contributed by atoms with Crippen LogP contribution in [-0.2, 0) is 11.4 Å². The molecule has 1 aromatic carbocycles. The van der Waals surface area contributed by atoms with Crippen LogP contribution >= 0.6 is 0 Å². The standard InChI is InChI=1S/C15H23N5O/c1-9-6-11(3)12(7-10(9)2)8-21-20-14(17)18-13(16)19-15(20,4)5/h6-7H,8H2,1-5H3,(H4,16,17,18,19).